The van der Waals surface area contributed by atoms with E-state index in [9.17, 15) is 18.0 Å². The standard InChI is InChI=1S/C25H25BrClN3O4S/c1-18(25(32)28-2)29(16-19-8-6-10-21(27)14-19)24(31)17-30(22-11-7-9-20(26)15-22)35(33,34)23-12-4-3-5-13-23/h3-15,18H,16-17H2,1-2H3,(H,28,32)/t18-/m1/s1. The van der Waals surface area contributed by atoms with Crippen molar-refractivity contribution in [2.75, 3.05) is 17.9 Å². The molecule has 0 unspecified atom stereocenters. The Kier molecular flexibility index (Phi) is 8.93. The third kappa shape index (κ3) is 6.62. The summed E-state index contributed by atoms with van der Waals surface area (Å²) in [6.45, 7) is 1.16. The smallest absolute Gasteiger partial charge is 0.264 e. The minimum absolute atomic E-state index is 0.0496. The molecule has 0 aromatic heterocycles. The van der Waals surface area contributed by atoms with Gasteiger partial charge in [0, 0.05) is 23.1 Å². The van der Waals surface area contributed by atoms with Crippen molar-refractivity contribution in [1.82, 2.24) is 10.2 Å². The number of benzene rings is 3. The van der Waals surface area contributed by atoms with E-state index in [1.54, 1.807) is 73.7 Å². The first-order valence-corrected chi connectivity index (χ1v) is 13.3. The van der Waals surface area contributed by atoms with Crippen LogP contribution in [-0.2, 0) is 26.2 Å². The highest BCUT2D eigenvalue weighted by Crippen LogP contribution is 2.27. The van der Waals surface area contributed by atoms with Crippen molar-refractivity contribution < 1.29 is 18.0 Å². The zero-order valence-electron chi connectivity index (χ0n) is 19.2. The topological polar surface area (TPSA) is 86.8 Å². The van der Waals surface area contributed by atoms with Crippen LogP contribution in [0.5, 0.6) is 0 Å². The van der Waals surface area contributed by atoms with Gasteiger partial charge in [-0.2, -0.15) is 0 Å². The lowest BCUT2D eigenvalue weighted by Gasteiger charge is -2.31. The molecule has 3 aromatic rings. The molecule has 10 heteroatoms. The molecule has 0 saturated carbocycles. The van der Waals surface area contributed by atoms with Crippen LogP contribution in [0.25, 0.3) is 0 Å². The third-order valence-electron chi connectivity index (χ3n) is 5.36. The lowest BCUT2D eigenvalue weighted by Crippen LogP contribution is -2.50. The predicted molar refractivity (Wildman–Crippen MR) is 141 cm³/mol. The van der Waals surface area contributed by atoms with Crippen molar-refractivity contribution in [1.29, 1.82) is 0 Å². The van der Waals surface area contributed by atoms with Crippen molar-refractivity contribution in [2.24, 2.45) is 0 Å². The van der Waals surface area contributed by atoms with Crippen LogP contribution in [0, 0.1) is 0 Å². The molecule has 35 heavy (non-hydrogen) atoms. The largest absolute Gasteiger partial charge is 0.357 e. The van der Waals surface area contributed by atoms with Gasteiger partial charge in [-0.05, 0) is 55.0 Å². The number of rotatable bonds is 9. The van der Waals surface area contributed by atoms with Gasteiger partial charge in [0.1, 0.15) is 12.6 Å². The van der Waals surface area contributed by atoms with E-state index in [4.69, 9.17) is 11.6 Å². The number of sulfonamides is 1. The van der Waals surface area contributed by atoms with Gasteiger partial charge < -0.3 is 10.2 Å². The summed E-state index contributed by atoms with van der Waals surface area (Å²) in [7, 11) is -2.61. The quantitative estimate of drug-likeness (QED) is 0.406. The molecule has 3 rings (SSSR count). The maximum Gasteiger partial charge on any atom is 0.264 e. The van der Waals surface area contributed by atoms with Crippen LogP contribution in [-0.4, -0.2) is 44.8 Å². The second-order valence-electron chi connectivity index (χ2n) is 7.75. The summed E-state index contributed by atoms with van der Waals surface area (Å²) < 4.78 is 28.9. The fourth-order valence-electron chi connectivity index (χ4n) is 3.50. The fourth-order valence-corrected chi connectivity index (χ4v) is 5.53. The van der Waals surface area contributed by atoms with E-state index in [0.29, 0.717) is 20.7 Å². The van der Waals surface area contributed by atoms with E-state index in [-0.39, 0.29) is 17.3 Å². The molecule has 184 valence electrons. The molecule has 0 heterocycles. The number of hydrogen-bond acceptors (Lipinski definition) is 4. The van der Waals surface area contributed by atoms with Gasteiger partial charge in [-0.15, -0.1) is 0 Å². The number of nitrogens with zero attached hydrogens (tertiary/aromatic N) is 2. The van der Waals surface area contributed by atoms with Gasteiger partial charge in [-0.25, -0.2) is 8.42 Å². The molecule has 0 saturated heterocycles. The molecule has 1 N–H and O–H groups in total. The molecule has 3 aromatic carbocycles. The van der Waals surface area contributed by atoms with E-state index in [0.717, 1.165) is 4.31 Å². The van der Waals surface area contributed by atoms with Gasteiger partial charge in [0.2, 0.25) is 11.8 Å². The molecular weight excluding hydrogens is 554 g/mol. The Morgan fingerprint density at radius 2 is 1.69 bits per heavy atom. The predicted octanol–water partition coefficient (Wildman–Crippen LogP) is 4.46. The number of hydrogen-bond donors (Lipinski definition) is 1. The van der Waals surface area contributed by atoms with E-state index in [1.807, 2.05) is 0 Å². The minimum atomic E-state index is -4.09. The number of nitrogens with one attached hydrogen (secondary N) is 1. The second kappa shape index (κ2) is 11.7. The Morgan fingerprint density at radius 1 is 1.00 bits per heavy atom. The number of amides is 2. The molecule has 2 amide bonds. The lowest BCUT2D eigenvalue weighted by atomic mass is 10.1. The Hall–Kier alpha value is -2.88. The molecule has 0 fully saturated rings. The van der Waals surface area contributed by atoms with Crippen molar-refractivity contribution in [3.05, 3.63) is 93.9 Å². The average molecular weight is 579 g/mol. The van der Waals surface area contributed by atoms with Gasteiger partial charge in [0.25, 0.3) is 10.0 Å². The summed E-state index contributed by atoms with van der Waals surface area (Å²) in [5.41, 5.74) is 1.02. The van der Waals surface area contributed by atoms with E-state index in [1.165, 1.54) is 24.1 Å². The molecule has 0 aliphatic carbocycles. The monoisotopic (exact) mass is 577 g/mol. The number of anilines is 1. The second-order valence-corrected chi connectivity index (χ2v) is 11.0. The maximum absolute atomic E-state index is 13.6. The molecular formula is C25H25BrClN3O4S. The molecule has 1 atom stereocenters. The lowest BCUT2D eigenvalue weighted by molar-refractivity contribution is -0.139. The summed E-state index contributed by atoms with van der Waals surface area (Å²) in [4.78, 5) is 27.5. The highest BCUT2D eigenvalue weighted by molar-refractivity contribution is 9.10. The van der Waals surface area contributed by atoms with Crippen LogP contribution in [0.4, 0.5) is 5.69 Å². The molecule has 0 spiro atoms. The molecule has 0 bridgehead atoms. The zero-order valence-corrected chi connectivity index (χ0v) is 22.3. The van der Waals surface area contributed by atoms with Crippen molar-refractivity contribution in [2.45, 2.75) is 24.4 Å². The summed E-state index contributed by atoms with van der Waals surface area (Å²) in [6, 6.07) is 20.7. The Labute approximate surface area is 218 Å². The summed E-state index contributed by atoms with van der Waals surface area (Å²) in [6.07, 6.45) is 0. The Balaban J connectivity index is 2.02. The number of carbonyl (C=O) groups is 2. The first kappa shape index (κ1) is 26.7. The molecule has 0 aliphatic rings. The van der Waals surface area contributed by atoms with Crippen LogP contribution in [0.15, 0.2) is 88.2 Å². The minimum Gasteiger partial charge on any atom is -0.357 e. The fraction of sp³-hybridized carbons (Fsp3) is 0.200. The van der Waals surface area contributed by atoms with Gasteiger partial charge in [0.05, 0.1) is 10.6 Å². The van der Waals surface area contributed by atoms with E-state index in [2.05, 4.69) is 21.2 Å². The van der Waals surface area contributed by atoms with E-state index < -0.39 is 28.5 Å². The number of halogens is 2. The highest BCUT2D eigenvalue weighted by atomic mass is 79.9. The third-order valence-corrected chi connectivity index (χ3v) is 7.88. The summed E-state index contributed by atoms with van der Waals surface area (Å²) >= 11 is 9.48. The SMILES string of the molecule is CNC(=O)[C@@H](C)N(Cc1cccc(Cl)c1)C(=O)CN(c1cccc(Br)c1)S(=O)(=O)c1ccccc1. The first-order chi connectivity index (χ1) is 16.6. The normalized spacial score (nSPS) is 12.0. The Bertz CT molecular complexity index is 1300. The molecule has 0 radical (unpaired) electrons. The van der Waals surface area contributed by atoms with Gasteiger partial charge in [-0.1, -0.05) is 63.9 Å². The molecule has 0 aliphatic heterocycles. The van der Waals surface area contributed by atoms with Crippen LogP contribution < -0.4 is 9.62 Å². The van der Waals surface area contributed by atoms with Crippen LogP contribution in [0.2, 0.25) is 5.02 Å². The van der Waals surface area contributed by atoms with Gasteiger partial charge in [-0.3, -0.25) is 13.9 Å². The average Bonchev–Trinajstić information content (AvgIpc) is 2.85. The van der Waals surface area contributed by atoms with Gasteiger partial charge in [0.15, 0.2) is 0 Å². The summed E-state index contributed by atoms with van der Waals surface area (Å²) in [5, 5.41) is 3.04. The van der Waals surface area contributed by atoms with Crippen LogP contribution >= 0.6 is 27.5 Å². The van der Waals surface area contributed by atoms with Crippen LogP contribution in [0.1, 0.15) is 12.5 Å². The first-order valence-electron chi connectivity index (χ1n) is 10.7. The highest BCUT2D eigenvalue weighted by Gasteiger charge is 2.32. The van der Waals surface area contributed by atoms with Crippen molar-refractivity contribution in [3.8, 4) is 0 Å². The van der Waals surface area contributed by atoms with E-state index >= 15 is 0 Å². The maximum atomic E-state index is 13.6. The summed E-state index contributed by atoms with van der Waals surface area (Å²) in [5.74, 6) is -0.916. The Morgan fingerprint density at radius 3 is 2.31 bits per heavy atom. The zero-order chi connectivity index (χ0) is 25.6. The van der Waals surface area contributed by atoms with Gasteiger partial charge >= 0.3 is 0 Å². The number of likely N-dealkylation sites (N-methyl/N-ethyl adjacent to an activating group) is 1. The van der Waals surface area contributed by atoms with Crippen LogP contribution in [0.3, 0.4) is 0 Å². The van der Waals surface area contributed by atoms with Crippen molar-refractivity contribution in [3.63, 3.8) is 0 Å². The van der Waals surface area contributed by atoms with Crippen molar-refractivity contribution >= 4 is 55.1 Å². The molecule has 7 nitrogen and oxygen atoms in total. The number of carbonyl (C=O) groups excluding carboxylic acids is 2.